The first-order chi connectivity index (χ1) is 11.4. The van der Waals surface area contributed by atoms with Crippen molar-refractivity contribution in [3.8, 4) is 0 Å². The Morgan fingerprint density at radius 1 is 1.33 bits per heavy atom. The summed E-state index contributed by atoms with van der Waals surface area (Å²) in [6.07, 6.45) is 3.85. The van der Waals surface area contributed by atoms with E-state index >= 15 is 0 Å². The zero-order valence-corrected chi connectivity index (χ0v) is 13.3. The average Bonchev–Trinajstić information content (AvgIpc) is 2.92. The van der Waals surface area contributed by atoms with E-state index in [0.717, 1.165) is 6.42 Å². The Bertz CT molecular complexity index is 835. The first-order valence-corrected chi connectivity index (χ1v) is 7.67. The van der Waals surface area contributed by atoms with Crippen LogP contribution in [0.15, 0.2) is 30.5 Å². The lowest BCUT2D eigenvalue weighted by atomic mass is 9.80. The molecule has 2 aromatic rings. The summed E-state index contributed by atoms with van der Waals surface area (Å²) in [6.45, 7) is 0.708. The van der Waals surface area contributed by atoms with Gasteiger partial charge in [0.2, 0.25) is 5.91 Å². The first-order valence-electron chi connectivity index (χ1n) is 7.67. The first kappa shape index (κ1) is 16.1. The minimum Gasteiger partial charge on any atom is -0.465 e. The number of aromatic nitrogens is 1. The van der Waals surface area contributed by atoms with E-state index in [4.69, 9.17) is 15.6 Å². The number of nitrogens with one attached hydrogen (secondary N) is 1. The van der Waals surface area contributed by atoms with Gasteiger partial charge in [-0.15, -0.1) is 0 Å². The molecule has 1 aliphatic heterocycles. The maximum atomic E-state index is 11.6. The van der Waals surface area contributed by atoms with Crippen molar-refractivity contribution in [2.75, 3.05) is 13.6 Å². The minimum atomic E-state index is -1.33. The summed E-state index contributed by atoms with van der Waals surface area (Å²) >= 11 is 0. The highest BCUT2D eigenvalue weighted by molar-refractivity contribution is 5.99. The Hall–Kier alpha value is -2.80. The monoisotopic (exact) mass is 328 g/mol. The van der Waals surface area contributed by atoms with E-state index in [1.165, 1.54) is 27.6 Å². The number of fused-ring (bicyclic) bond motifs is 2. The number of amides is 2. The fourth-order valence-corrected chi connectivity index (χ4v) is 3.63. The summed E-state index contributed by atoms with van der Waals surface area (Å²) in [7, 11) is 2.07. The molecule has 0 saturated carbocycles. The van der Waals surface area contributed by atoms with Gasteiger partial charge in [0.15, 0.2) is 0 Å². The van der Waals surface area contributed by atoms with Gasteiger partial charge in [0.25, 0.3) is 0 Å². The van der Waals surface area contributed by atoms with Crippen LogP contribution in [0.25, 0.3) is 16.5 Å². The second kappa shape index (κ2) is 6.01. The number of aromatic amines is 1. The SMILES string of the molecule is CN1C[C@H](C(N)=O)C=C2c3cccc4[nH]cc(c34)C[C@H]21.NC(=O)O. The maximum Gasteiger partial charge on any atom is 0.402 e. The maximum absolute atomic E-state index is 11.6. The molecule has 0 fully saturated rings. The fourth-order valence-electron chi connectivity index (χ4n) is 3.63. The minimum absolute atomic E-state index is 0.193. The number of hydrogen-bond donors (Lipinski definition) is 4. The fraction of sp³-hybridized carbons (Fsp3) is 0.294. The van der Waals surface area contributed by atoms with Crippen molar-refractivity contribution >= 4 is 28.5 Å². The quantitative estimate of drug-likeness (QED) is 0.626. The van der Waals surface area contributed by atoms with Crippen LogP contribution < -0.4 is 11.5 Å². The summed E-state index contributed by atoms with van der Waals surface area (Å²) in [6, 6.07) is 6.66. The molecule has 0 bridgehead atoms. The Kier molecular flexibility index (Phi) is 4.02. The van der Waals surface area contributed by atoms with E-state index in [-0.39, 0.29) is 11.8 Å². The van der Waals surface area contributed by atoms with Gasteiger partial charge in [0.1, 0.15) is 0 Å². The van der Waals surface area contributed by atoms with Crippen LogP contribution in [0.4, 0.5) is 4.79 Å². The number of hydrogen-bond acceptors (Lipinski definition) is 3. The van der Waals surface area contributed by atoms with E-state index in [1.54, 1.807) is 0 Å². The standard InChI is InChI=1S/C16H17N3O.CH3NO2/c1-19-8-10(16(17)20)5-12-11-3-2-4-13-15(11)9(7-18-13)6-14(12)19;2-1(3)4/h2-5,7,10,14,18H,6,8H2,1H3,(H2,17,20);2H2,(H,3,4)/t10-,14-;/m1./s1. The van der Waals surface area contributed by atoms with Gasteiger partial charge in [-0.1, -0.05) is 18.2 Å². The molecule has 2 aliphatic rings. The highest BCUT2D eigenvalue weighted by Crippen LogP contribution is 2.40. The van der Waals surface area contributed by atoms with Crippen LogP contribution in [0.2, 0.25) is 0 Å². The van der Waals surface area contributed by atoms with Gasteiger partial charge >= 0.3 is 6.09 Å². The van der Waals surface area contributed by atoms with Crippen molar-refractivity contribution in [2.24, 2.45) is 17.4 Å². The molecular weight excluding hydrogens is 308 g/mol. The van der Waals surface area contributed by atoms with Gasteiger partial charge in [0.05, 0.1) is 5.92 Å². The number of carboxylic acid groups (broad SMARTS) is 1. The Balaban J connectivity index is 0.000000383. The molecular formula is C17H20N4O3. The molecule has 2 amide bonds. The Labute approximate surface area is 138 Å². The van der Waals surface area contributed by atoms with Crippen LogP contribution in [-0.4, -0.2) is 46.6 Å². The van der Waals surface area contributed by atoms with Crippen molar-refractivity contribution in [2.45, 2.75) is 12.5 Å². The number of carbonyl (C=O) groups excluding carboxylic acids is 1. The molecule has 0 spiro atoms. The number of likely N-dealkylation sites (N-methyl/N-ethyl adjacent to an activating group) is 1. The zero-order chi connectivity index (χ0) is 17.4. The Morgan fingerprint density at radius 3 is 2.71 bits per heavy atom. The Morgan fingerprint density at radius 2 is 2.04 bits per heavy atom. The van der Waals surface area contributed by atoms with Crippen LogP contribution in [0.5, 0.6) is 0 Å². The zero-order valence-electron chi connectivity index (χ0n) is 13.3. The predicted octanol–water partition coefficient (Wildman–Crippen LogP) is 1.15. The third-order valence-corrected chi connectivity index (χ3v) is 4.63. The van der Waals surface area contributed by atoms with E-state index < -0.39 is 6.09 Å². The third-order valence-electron chi connectivity index (χ3n) is 4.63. The van der Waals surface area contributed by atoms with Crippen molar-refractivity contribution in [3.63, 3.8) is 0 Å². The molecule has 0 unspecified atom stereocenters. The number of nitrogens with zero attached hydrogens (tertiary/aromatic N) is 1. The smallest absolute Gasteiger partial charge is 0.402 e. The van der Waals surface area contributed by atoms with Gasteiger partial charge < -0.3 is 21.6 Å². The second-order valence-corrected chi connectivity index (χ2v) is 6.17. The highest BCUT2D eigenvalue weighted by Gasteiger charge is 2.34. The molecule has 126 valence electrons. The molecule has 1 aliphatic carbocycles. The molecule has 1 aromatic heterocycles. The third kappa shape index (κ3) is 2.74. The predicted molar refractivity (Wildman–Crippen MR) is 91.3 cm³/mol. The van der Waals surface area contributed by atoms with Crippen LogP contribution in [0, 0.1) is 5.92 Å². The van der Waals surface area contributed by atoms with Gasteiger partial charge in [-0.05, 0) is 36.2 Å². The van der Waals surface area contributed by atoms with Crippen LogP contribution in [0.1, 0.15) is 11.1 Å². The molecule has 2 atom stereocenters. The largest absolute Gasteiger partial charge is 0.465 e. The number of carbonyl (C=O) groups is 2. The van der Waals surface area contributed by atoms with Crippen molar-refractivity contribution in [1.29, 1.82) is 0 Å². The van der Waals surface area contributed by atoms with Crippen LogP contribution in [0.3, 0.4) is 0 Å². The molecule has 7 nitrogen and oxygen atoms in total. The number of rotatable bonds is 1. The van der Waals surface area contributed by atoms with Crippen molar-refractivity contribution in [1.82, 2.24) is 9.88 Å². The topological polar surface area (TPSA) is 125 Å². The van der Waals surface area contributed by atoms with Gasteiger partial charge in [0, 0.05) is 29.7 Å². The summed E-state index contributed by atoms with van der Waals surface area (Å²) < 4.78 is 0. The molecule has 24 heavy (non-hydrogen) atoms. The number of benzene rings is 1. The number of H-pyrrole nitrogens is 1. The van der Waals surface area contributed by atoms with Crippen LogP contribution in [-0.2, 0) is 11.2 Å². The lowest BCUT2D eigenvalue weighted by Crippen LogP contribution is -2.45. The van der Waals surface area contributed by atoms with Crippen molar-refractivity contribution < 1.29 is 14.7 Å². The average molecular weight is 328 g/mol. The summed E-state index contributed by atoms with van der Waals surface area (Å²) in [5.41, 5.74) is 14.6. The highest BCUT2D eigenvalue weighted by atomic mass is 16.4. The van der Waals surface area contributed by atoms with E-state index in [2.05, 4.69) is 53.1 Å². The second-order valence-electron chi connectivity index (χ2n) is 6.17. The van der Waals surface area contributed by atoms with Crippen molar-refractivity contribution in [3.05, 3.63) is 41.6 Å². The normalized spacial score (nSPS) is 22.1. The van der Waals surface area contributed by atoms with Gasteiger partial charge in [-0.25, -0.2) is 4.79 Å². The van der Waals surface area contributed by atoms with Crippen LogP contribution >= 0.6 is 0 Å². The molecule has 0 radical (unpaired) electrons. The molecule has 2 heterocycles. The van der Waals surface area contributed by atoms with Gasteiger partial charge in [-0.3, -0.25) is 9.69 Å². The summed E-state index contributed by atoms with van der Waals surface area (Å²) in [4.78, 5) is 25.9. The lowest BCUT2D eigenvalue weighted by molar-refractivity contribution is -0.121. The van der Waals surface area contributed by atoms with Gasteiger partial charge in [-0.2, -0.15) is 0 Å². The molecule has 0 saturated heterocycles. The van der Waals surface area contributed by atoms with E-state index in [9.17, 15) is 4.79 Å². The molecule has 4 rings (SSSR count). The number of nitrogens with two attached hydrogens (primary N) is 2. The number of primary amides is 2. The summed E-state index contributed by atoms with van der Waals surface area (Å²) in [5.74, 6) is -0.433. The van der Waals surface area contributed by atoms with E-state index in [1.807, 2.05) is 0 Å². The van der Waals surface area contributed by atoms with E-state index in [0.29, 0.717) is 12.6 Å². The molecule has 7 heteroatoms. The summed E-state index contributed by atoms with van der Waals surface area (Å²) in [5, 5.41) is 8.49. The molecule has 6 N–H and O–H groups in total. The lowest BCUT2D eigenvalue weighted by Gasteiger charge is -2.39. The molecule has 1 aromatic carbocycles.